The van der Waals surface area contributed by atoms with Gasteiger partial charge in [-0.05, 0) is 12.8 Å². The lowest BCUT2D eigenvalue weighted by Gasteiger charge is -2.23. The smallest absolute Gasteiger partial charge is 0.335 e. The van der Waals surface area contributed by atoms with Crippen molar-refractivity contribution in [3.8, 4) is 0 Å². The minimum Gasteiger partial charge on any atom is -0.335 e. The van der Waals surface area contributed by atoms with Gasteiger partial charge in [-0.3, -0.25) is 0 Å². The van der Waals surface area contributed by atoms with Crippen LogP contribution < -0.4 is 10.6 Å². The summed E-state index contributed by atoms with van der Waals surface area (Å²) in [6.07, 6.45) is -3.98. The lowest BCUT2D eigenvalue weighted by atomic mass is 10.2. The van der Waals surface area contributed by atoms with Crippen LogP contribution >= 0.6 is 0 Å². The molecule has 0 aromatic carbocycles. The first-order chi connectivity index (χ1) is 7.68. The fourth-order valence-electron chi connectivity index (χ4n) is 1.45. The second-order valence-corrected chi connectivity index (χ2v) is 6.17. The molecule has 0 atom stereocenters. The average molecular weight is 274 g/mol. The van der Waals surface area contributed by atoms with E-state index in [2.05, 4.69) is 5.32 Å². The Morgan fingerprint density at radius 2 is 1.76 bits per heavy atom. The van der Waals surface area contributed by atoms with Crippen molar-refractivity contribution in [1.29, 1.82) is 0 Å². The summed E-state index contributed by atoms with van der Waals surface area (Å²) in [7, 11) is -3.04. The summed E-state index contributed by atoms with van der Waals surface area (Å²) in [5, 5.41) is 3.98. The number of hydrogen-bond donors (Lipinski definition) is 2. The zero-order valence-corrected chi connectivity index (χ0v) is 9.70. The van der Waals surface area contributed by atoms with Crippen LogP contribution in [0.3, 0.4) is 0 Å². The first-order valence-electron chi connectivity index (χ1n) is 4.99. The largest absolute Gasteiger partial charge is 0.405 e. The highest BCUT2D eigenvalue weighted by atomic mass is 32.2. The van der Waals surface area contributed by atoms with Crippen LogP contribution in [0.2, 0.25) is 0 Å². The molecule has 1 heterocycles. The highest BCUT2D eigenvalue weighted by Crippen LogP contribution is 2.13. The van der Waals surface area contributed by atoms with E-state index in [4.69, 9.17) is 0 Å². The van der Waals surface area contributed by atoms with Gasteiger partial charge in [-0.2, -0.15) is 13.2 Å². The van der Waals surface area contributed by atoms with Gasteiger partial charge in [0.05, 0.1) is 11.5 Å². The number of rotatable bonds is 2. The molecule has 1 aliphatic rings. The number of carbonyl (C=O) groups is 1. The molecule has 2 amide bonds. The van der Waals surface area contributed by atoms with E-state index >= 15 is 0 Å². The van der Waals surface area contributed by atoms with Crippen molar-refractivity contribution in [3.05, 3.63) is 0 Å². The molecule has 9 heteroatoms. The summed E-state index contributed by atoms with van der Waals surface area (Å²) in [6.45, 7) is -1.40. The standard InChI is InChI=1S/C8H13F3N2O3S/c9-8(10,11)5-12-7(14)13-6-1-3-17(15,16)4-2-6/h6H,1-5H2,(H2,12,13,14). The van der Waals surface area contributed by atoms with Gasteiger partial charge >= 0.3 is 12.2 Å². The third kappa shape index (κ3) is 5.76. The van der Waals surface area contributed by atoms with E-state index in [1.54, 1.807) is 5.32 Å². The first kappa shape index (κ1) is 14.1. The third-order valence-corrected chi connectivity index (χ3v) is 4.05. The van der Waals surface area contributed by atoms with E-state index in [0.29, 0.717) is 0 Å². The Balaban J connectivity index is 2.29. The minimum atomic E-state index is -4.45. The van der Waals surface area contributed by atoms with Crippen LogP contribution in [-0.4, -0.2) is 44.7 Å². The Morgan fingerprint density at radius 3 is 2.24 bits per heavy atom. The summed E-state index contributed by atoms with van der Waals surface area (Å²) in [4.78, 5) is 11.0. The van der Waals surface area contributed by atoms with Gasteiger partial charge in [0.2, 0.25) is 0 Å². The molecule has 0 unspecified atom stereocenters. The number of hydrogen-bond acceptors (Lipinski definition) is 3. The van der Waals surface area contributed by atoms with Crippen molar-refractivity contribution in [3.63, 3.8) is 0 Å². The highest BCUT2D eigenvalue weighted by molar-refractivity contribution is 7.91. The van der Waals surface area contributed by atoms with E-state index in [9.17, 15) is 26.4 Å². The highest BCUT2D eigenvalue weighted by Gasteiger charge is 2.29. The number of sulfone groups is 1. The molecule has 0 radical (unpaired) electrons. The van der Waals surface area contributed by atoms with Gasteiger partial charge < -0.3 is 10.6 Å². The molecule has 0 aliphatic carbocycles. The van der Waals surface area contributed by atoms with Gasteiger partial charge in [-0.15, -0.1) is 0 Å². The van der Waals surface area contributed by atoms with E-state index in [-0.39, 0.29) is 30.4 Å². The van der Waals surface area contributed by atoms with Crippen molar-refractivity contribution in [2.45, 2.75) is 25.1 Å². The summed E-state index contributed by atoms with van der Waals surface area (Å²) >= 11 is 0. The molecule has 0 aromatic rings. The van der Waals surface area contributed by atoms with Crippen molar-refractivity contribution in [2.75, 3.05) is 18.1 Å². The Morgan fingerprint density at radius 1 is 1.24 bits per heavy atom. The Hall–Kier alpha value is -0.990. The van der Waals surface area contributed by atoms with Gasteiger partial charge in [0.1, 0.15) is 16.4 Å². The maximum Gasteiger partial charge on any atom is 0.405 e. The molecule has 1 aliphatic heterocycles. The zero-order valence-electron chi connectivity index (χ0n) is 8.88. The third-order valence-electron chi connectivity index (χ3n) is 2.34. The van der Waals surface area contributed by atoms with Crippen LogP contribution in [0.15, 0.2) is 0 Å². The molecule has 0 saturated carbocycles. The quantitative estimate of drug-likeness (QED) is 0.766. The van der Waals surface area contributed by atoms with Crippen LogP contribution in [0.25, 0.3) is 0 Å². The van der Waals surface area contributed by atoms with Crippen LogP contribution in [0.4, 0.5) is 18.0 Å². The fraction of sp³-hybridized carbons (Fsp3) is 0.875. The van der Waals surface area contributed by atoms with Gasteiger partial charge in [0.15, 0.2) is 0 Å². The molecule has 0 spiro atoms. The van der Waals surface area contributed by atoms with Crippen molar-refractivity contribution < 1.29 is 26.4 Å². The Bertz CT molecular complexity index is 366. The van der Waals surface area contributed by atoms with Gasteiger partial charge in [-0.1, -0.05) is 0 Å². The fourth-order valence-corrected chi connectivity index (χ4v) is 2.94. The number of carbonyl (C=O) groups excluding carboxylic acids is 1. The van der Waals surface area contributed by atoms with Crippen LogP contribution in [0.1, 0.15) is 12.8 Å². The first-order valence-corrected chi connectivity index (χ1v) is 6.82. The van der Waals surface area contributed by atoms with Crippen molar-refractivity contribution >= 4 is 15.9 Å². The van der Waals surface area contributed by atoms with E-state index in [0.717, 1.165) is 0 Å². The average Bonchev–Trinajstić information content (AvgIpc) is 2.17. The zero-order chi connectivity index (χ0) is 13.1. The molecular weight excluding hydrogens is 261 g/mol. The van der Waals surface area contributed by atoms with E-state index in [1.807, 2.05) is 0 Å². The molecule has 1 saturated heterocycles. The van der Waals surface area contributed by atoms with Crippen LogP contribution in [0.5, 0.6) is 0 Å². The predicted molar refractivity (Wildman–Crippen MR) is 54.3 cm³/mol. The van der Waals surface area contributed by atoms with Crippen LogP contribution in [-0.2, 0) is 9.84 Å². The molecule has 2 N–H and O–H groups in total. The molecule has 1 fully saturated rings. The van der Waals surface area contributed by atoms with Crippen molar-refractivity contribution in [1.82, 2.24) is 10.6 Å². The van der Waals surface area contributed by atoms with E-state index < -0.39 is 28.6 Å². The second kappa shape index (κ2) is 5.11. The summed E-state index contributed by atoms with van der Waals surface area (Å²) < 4.78 is 57.4. The molecule has 0 bridgehead atoms. The SMILES string of the molecule is O=C(NCC(F)(F)F)NC1CCS(=O)(=O)CC1. The maximum absolute atomic E-state index is 11.8. The normalized spacial score (nSPS) is 20.9. The molecule has 100 valence electrons. The summed E-state index contributed by atoms with van der Waals surface area (Å²) in [5.74, 6) is -0.0889. The maximum atomic E-state index is 11.8. The second-order valence-electron chi connectivity index (χ2n) is 3.87. The lowest BCUT2D eigenvalue weighted by Crippen LogP contribution is -2.47. The molecule has 0 aromatic heterocycles. The van der Waals surface area contributed by atoms with Crippen molar-refractivity contribution in [2.24, 2.45) is 0 Å². The van der Waals surface area contributed by atoms with Gasteiger partial charge in [0.25, 0.3) is 0 Å². The van der Waals surface area contributed by atoms with Crippen LogP contribution in [0, 0.1) is 0 Å². The monoisotopic (exact) mass is 274 g/mol. The molecular formula is C8H13F3N2O3S. The molecule has 17 heavy (non-hydrogen) atoms. The minimum absolute atomic E-state index is 0.0444. The number of amides is 2. The topological polar surface area (TPSA) is 75.3 Å². The summed E-state index contributed by atoms with van der Waals surface area (Å²) in [5.41, 5.74) is 0. The summed E-state index contributed by atoms with van der Waals surface area (Å²) in [6, 6.07) is -1.31. The predicted octanol–water partition coefficient (Wildman–Crippen LogP) is 0.425. The van der Waals surface area contributed by atoms with Gasteiger partial charge in [-0.25, -0.2) is 13.2 Å². The number of alkyl halides is 3. The number of nitrogens with one attached hydrogen (secondary N) is 2. The van der Waals surface area contributed by atoms with E-state index in [1.165, 1.54) is 0 Å². The van der Waals surface area contributed by atoms with Gasteiger partial charge in [0, 0.05) is 6.04 Å². The Kier molecular flexibility index (Phi) is 4.23. The number of urea groups is 1. The Labute approximate surface area is 96.7 Å². The molecule has 5 nitrogen and oxygen atoms in total. The molecule has 1 rings (SSSR count). The lowest BCUT2D eigenvalue weighted by molar-refractivity contribution is -0.122. The number of halogens is 3.